The van der Waals surface area contributed by atoms with E-state index in [0.29, 0.717) is 0 Å². The molecule has 2 rings (SSSR count). The van der Waals surface area contributed by atoms with Gasteiger partial charge in [-0.15, -0.1) is 12.8 Å². The Kier molecular flexibility index (Phi) is 26.8. The Morgan fingerprint density at radius 2 is 1.21 bits per heavy atom. The Labute approximate surface area is 114 Å². The third-order valence-corrected chi connectivity index (χ3v) is 1.17. The molecule has 0 aliphatic heterocycles. The predicted molar refractivity (Wildman–Crippen MR) is 50.3 cm³/mol. The second-order valence-corrected chi connectivity index (χ2v) is 2.01. The average molecular weight is 306 g/mol. The predicted octanol–water partition coefficient (Wildman–Crippen LogP) is -3.42. The molecule has 0 saturated carbocycles. The minimum atomic E-state index is 0. The molecule has 0 aromatic heterocycles. The molecule has 0 spiro atoms. The van der Waals surface area contributed by atoms with Gasteiger partial charge in [-0.05, 0) is 0 Å². The van der Waals surface area contributed by atoms with Crippen molar-refractivity contribution in [2.45, 2.75) is 12.8 Å². The Morgan fingerprint density at radius 1 is 0.857 bits per heavy atom. The molecular formula is C11H12Cl2Zr-2. The maximum absolute atomic E-state index is 3.34. The maximum atomic E-state index is 3.34. The van der Waals surface area contributed by atoms with Gasteiger partial charge in [-0.1, -0.05) is 0 Å². The van der Waals surface area contributed by atoms with Gasteiger partial charge in [0.25, 0.3) is 0 Å². The van der Waals surface area contributed by atoms with Crippen molar-refractivity contribution in [1.82, 2.24) is 0 Å². The van der Waals surface area contributed by atoms with Crippen LogP contribution in [0, 0.1) is 12.2 Å². The molecule has 0 N–H and O–H groups in total. The topological polar surface area (TPSA) is 0 Å². The van der Waals surface area contributed by atoms with E-state index < -0.39 is 0 Å². The summed E-state index contributed by atoms with van der Waals surface area (Å²) in [6.07, 6.45) is 20.0. The van der Waals surface area contributed by atoms with Crippen LogP contribution in [-0.4, -0.2) is 4.21 Å². The smallest absolute Gasteiger partial charge is 1.00 e. The average Bonchev–Trinajstić information content (AvgIpc) is 2.87. The van der Waals surface area contributed by atoms with Gasteiger partial charge in [0.15, 0.2) is 0 Å². The molecule has 0 radical (unpaired) electrons. The summed E-state index contributed by atoms with van der Waals surface area (Å²) < 4.78 is 3.34. The molecule has 0 aromatic carbocycles. The fourth-order valence-electron chi connectivity index (χ4n) is 0.680. The summed E-state index contributed by atoms with van der Waals surface area (Å²) in [6, 6.07) is 0. The van der Waals surface area contributed by atoms with E-state index in [0.717, 1.165) is 12.8 Å². The molecule has 0 aromatic rings. The fourth-order valence-corrected chi connectivity index (χ4v) is 0.680. The van der Waals surface area contributed by atoms with Crippen LogP contribution >= 0.6 is 0 Å². The van der Waals surface area contributed by atoms with E-state index in [9.17, 15) is 0 Å². The number of hydrogen-bond acceptors (Lipinski definition) is 0. The van der Waals surface area contributed by atoms with E-state index in [1.165, 1.54) is 24.2 Å². The molecule has 0 heterocycles. The summed E-state index contributed by atoms with van der Waals surface area (Å²) in [6.45, 7) is 0. The minimum Gasteiger partial charge on any atom is -1.00 e. The van der Waals surface area contributed by atoms with Gasteiger partial charge < -0.3 is 24.8 Å². The molecule has 2 aliphatic rings. The van der Waals surface area contributed by atoms with Gasteiger partial charge in [0.2, 0.25) is 0 Å². The summed E-state index contributed by atoms with van der Waals surface area (Å²) in [4.78, 5) is 0. The molecule has 0 bridgehead atoms. The number of allylic oxidation sites excluding steroid dienone is 8. The summed E-state index contributed by atoms with van der Waals surface area (Å²) >= 11 is 1.30. The van der Waals surface area contributed by atoms with Crippen molar-refractivity contribution in [3.63, 3.8) is 0 Å². The Morgan fingerprint density at radius 3 is 1.29 bits per heavy atom. The molecule has 76 valence electrons. The van der Waals surface area contributed by atoms with E-state index >= 15 is 0 Å². The molecule has 0 nitrogen and oxygen atoms in total. The fraction of sp³-hybridized carbons (Fsp3) is 0.182. The van der Waals surface area contributed by atoms with Crippen LogP contribution < -0.4 is 24.8 Å². The van der Waals surface area contributed by atoms with E-state index in [2.05, 4.69) is 28.5 Å². The van der Waals surface area contributed by atoms with Gasteiger partial charge >= 0.3 is 28.4 Å². The van der Waals surface area contributed by atoms with Gasteiger partial charge in [0, 0.05) is 0 Å². The van der Waals surface area contributed by atoms with Crippen molar-refractivity contribution < 1.29 is 49.0 Å². The zero-order chi connectivity index (χ0) is 9.07. The number of rotatable bonds is 0. The largest absolute Gasteiger partial charge is 1.00 e. The molecule has 0 fully saturated rings. The Balaban J connectivity index is -0.000000131. The van der Waals surface area contributed by atoms with E-state index in [1.54, 1.807) is 0 Å². The molecule has 0 saturated heterocycles. The SMILES string of the molecule is [C-]1=CC=CC1.[C-]1=CC=CC1.[CH2]=[Zr+2].[Cl-].[Cl-]. The Hall–Kier alpha value is 0.293. The van der Waals surface area contributed by atoms with Crippen LogP contribution in [0.25, 0.3) is 0 Å². The molecule has 0 amide bonds. The van der Waals surface area contributed by atoms with Crippen molar-refractivity contribution in [3.8, 4) is 0 Å². The first-order valence-corrected chi connectivity index (χ1v) is 5.53. The first-order valence-electron chi connectivity index (χ1n) is 3.79. The summed E-state index contributed by atoms with van der Waals surface area (Å²) in [5.41, 5.74) is 0. The molecule has 2 aliphatic carbocycles. The second kappa shape index (κ2) is 19.0. The van der Waals surface area contributed by atoms with Crippen LogP contribution in [0.5, 0.6) is 0 Å². The first kappa shape index (κ1) is 19.8. The van der Waals surface area contributed by atoms with Gasteiger partial charge in [-0.25, -0.2) is 24.3 Å². The van der Waals surface area contributed by atoms with Crippen molar-refractivity contribution in [3.05, 3.63) is 48.6 Å². The maximum Gasteiger partial charge on any atom is -1.00 e. The van der Waals surface area contributed by atoms with Crippen LogP contribution in [0.2, 0.25) is 0 Å². The normalized spacial score (nSPS) is 13.0. The first-order chi connectivity index (χ1) is 6.00. The van der Waals surface area contributed by atoms with Gasteiger partial charge in [-0.2, -0.15) is 12.2 Å². The van der Waals surface area contributed by atoms with Crippen LogP contribution in [0.3, 0.4) is 0 Å². The summed E-state index contributed by atoms with van der Waals surface area (Å²) in [5, 5.41) is 0. The van der Waals surface area contributed by atoms with Gasteiger partial charge in [0.1, 0.15) is 0 Å². The summed E-state index contributed by atoms with van der Waals surface area (Å²) in [5.74, 6) is 0. The van der Waals surface area contributed by atoms with E-state index in [4.69, 9.17) is 0 Å². The molecule has 3 heteroatoms. The van der Waals surface area contributed by atoms with Crippen LogP contribution in [0.15, 0.2) is 36.5 Å². The summed E-state index contributed by atoms with van der Waals surface area (Å²) in [7, 11) is 0. The minimum absolute atomic E-state index is 0. The standard InChI is InChI=1S/2C5H5.CH2.2ClH.Zr/c2*1-2-4-5-3-1;;;;/h2*1-3H,4H2;1H2;2*1H;/q2*-1;;;;+2/p-2. The van der Waals surface area contributed by atoms with Crippen molar-refractivity contribution in [2.75, 3.05) is 0 Å². The molecule has 0 atom stereocenters. The molecular weight excluding hydrogens is 294 g/mol. The monoisotopic (exact) mass is 304 g/mol. The zero-order valence-corrected chi connectivity index (χ0v) is 11.8. The quantitative estimate of drug-likeness (QED) is 0.409. The zero-order valence-electron chi connectivity index (χ0n) is 7.84. The van der Waals surface area contributed by atoms with Crippen LogP contribution in [0.1, 0.15) is 12.8 Å². The van der Waals surface area contributed by atoms with Crippen molar-refractivity contribution in [1.29, 1.82) is 0 Å². The number of halogens is 2. The van der Waals surface area contributed by atoms with Gasteiger partial charge in [-0.3, -0.25) is 12.2 Å². The third-order valence-electron chi connectivity index (χ3n) is 1.17. The van der Waals surface area contributed by atoms with E-state index in [-0.39, 0.29) is 24.8 Å². The third kappa shape index (κ3) is 14.8. The van der Waals surface area contributed by atoms with Gasteiger partial charge in [0.05, 0.1) is 0 Å². The van der Waals surface area contributed by atoms with Crippen LogP contribution in [0.4, 0.5) is 0 Å². The number of hydrogen-bond donors (Lipinski definition) is 0. The second-order valence-electron chi connectivity index (χ2n) is 2.01. The molecule has 14 heavy (non-hydrogen) atoms. The van der Waals surface area contributed by atoms with Crippen molar-refractivity contribution >= 4 is 4.21 Å². The van der Waals surface area contributed by atoms with Crippen LogP contribution in [-0.2, 0) is 24.2 Å². The van der Waals surface area contributed by atoms with Crippen molar-refractivity contribution in [2.24, 2.45) is 0 Å². The Bertz CT molecular complexity index is 163. The van der Waals surface area contributed by atoms with E-state index in [1.807, 2.05) is 24.3 Å². The molecule has 0 unspecified atom stereocenters.